The summed E-state index contributed by atoms with van der Waals surface area (Å²) in [5, 5.41) is 7.08. The van der Waals surface area contributed by atoms with Crippen molar-refractivity contribution in [3.8, 4) is 0 Å². The zero-order valence-electron chi connectivity index (χ0n) is 13.9. The lowest BCUT2D eigenvalue weighted by molar-refractivity contribution is 0.573. The first-order chi connectivity index (χ1) is 13.6. The molecule has 0 aromatic heterocycles. The molecule has 0 fully saturated rings. The van der Waals surface area contributed by atoms with Crippen molar-refractivity contribution in [2.75, 3.05) is 0 Å². The van der Waals surface area contributed by atoms with E-state index < -0.39 is 23.3 Å². The van der Waals surface area contributed by atoms with Gasteiger partial charge in [0.15, 0.2) is 0 Å². The van der Waals surface area contributed by atoms with E-state index in [4.69, 9.17) is 0 Å². The van der Waals surface area contributed by atoms with E-state index in [1.165, 1.54) is 59.2 Å². The lowest BCUT2D eigenvalue weighted by Gasteiger charge is -2.20. The van der Waals surface area contributed by atoms with Crippen LogP contribution in [0.5, 0.6) is 0 Å². The Bertz CT molecular complexity index is 924. The van der Waals surface area contributed by atoms with E-state index in [0.29, 0.717) is 8.47 Å². The average molecular weight is 455 g/mol. The Hall–Kier alpha value is -1.48. The molecule has 0 spiro atoms. The van der Waals surface area contributed by atoms with Gasteiger partial charge in [0.1, 0.15) is 23.3 Å². The largest absolute Gasteiger partial charge is 0.206 e. The molecule has 0 nitrogen and oxygen atoms in total. The molecule has 0 atom stereocenters. The predicted molar refractivity (Wildman–Crippen MR) is 115 cm³/mol. The quantitative estimate of drug-likeness (QED) is 0.429. The van der Waals surface area contributed by atoms with Crippen LogP contribution in [-0.2, 0) is 0 Å². The van der Waals surface area contributed by atoms with Crippen molar-refractivity contribution in [1.29, 1.82) is 0 Å². The minimum atomic E-state index is -0.786. The summed E-state index contributed by atoms with van der Waals surface area (Å²) in [6.45, 7) is 0. The number of rotatable bonds is 3. The molecule has 142 valence electrons. The normalized spacial score (nSPS) is 15.6. The van der Waals surface area contributed by atoms with E-state index in [1.54, 1.807) is 21.6 Å². The van der Waals surface area contributed by atoms with Crippen molar-refractivity contribution < 1.29 is 17.6 Å². The molecular formula is C20H10F4S4. The van der Waals surface area contributed by atoms with Crippen molar-refractivity contribution in [2.24, 2.45) is 0 Å². The highest BCUT2D eigenvalue weighted by molar-refractivity contribution is 8.28. The van der Waals surface area contributed by atoms with E-state index in [0.717, 1.165) is 24.3 Å². The van der Waals surface area contributed by atoms with Crippen LogP contribution in [0.2, 0.25) is 0 Å². The van der Waals surface area contributed by atoms with Crippen molar-refractivity contribution in [3.63, 3.8) is 0 Å². The lowest BCUT2D eigenvalue weighted by atomic mass is 9.93. The fourth-order valence-electron chi connectivity index (χ4n) is 2.78. The van der Waals surface area contributed by atoms with Crippen LogP contribution in [-0.4, -0.2) is 0 Å². The van der Waals surface area contributed by atoms with Gasteiger partial charge in [0.25, 0.3) is 0 Å². The van der Waals surface area contributed by atoms with Crippen LogP contribution in [0, 0.1) is 23.3 Å². The molecule has 0 bridgehead atoms. The highest BCUT2D eigenvalue weighted by Crippen LogP contribution is 2.54. The van der Waals surface area contributed by atoms with Crippen LogP contribution in [0.3, 0.4) is 0 Å². The summed E-state index contributed by atoms with van der Waals surface area (Å²) in [7, 11) is 0. The smallest absolute Gasteiger partial charge is 0.134 e. The first-order valence-electron chi connectivity index (χ1n) is 7.92. The van der Waals surface area contributed by atoms with Crippen LogP contribution in [0.25, 0.3) is 11.1 Å². The predicted octanol–water partition coefficient (Wildman–Crippen LogP) is 8.18. The van der Waals surface area contributed by atoms with Gasteiger partial charge in [0, 0.05) is 11.1 Å². The molecule has 0 aliphatic carbocycles. The monoisotopic (exact) mass is 454 g/mol. The third-order valence-corrected chi connectivity index (χ3v) is 8.16. The van der Waals surface area contributed by atoms with Crippen LogP contribution in [0.15, 0.2) is 66.5 Å². The molecule has 0 unspecified atom stereocenters. The molecule has 0 radical (unpaired) electrons. The van der Waals surface area contributed by atoms with E-state index in [1.807, 2.05) is 0 Å². The van der Waals surface area contributed by atoms with Crippen LogP contribution in [0.1, 0.15) is 11.1 Å². The molecule has 2 aliphatic rings. The fourth-order valence-corrected chi connectivity index (χ4v) is 6.56. The minimum Gasteiger partial charge on any atom is -0.206 e. The zero-order chi connectivity index (χ0) is 19.7. The second-order valence-corrected chi connectivity index (χ2v) is 9.72. The topological polar surface area (TPSA) is 0 Å². The molecule has 0 amide bonds. The summed E-state index contributed by atoms with van der Waals surface area (Å²) in [5.41, 5.74) is -0.282. The molecule has 4 rings (SSSR count). The zero-order valence-corrected chi connectivity index (χ0v) is 17.2. The fraction of sp³-hybridized carbons (Fsp3) is 0. The summed E-state index contributed by atoms with van der Waals surface area (Å²) < 4.78 is 60.2. The van der Waals surface area contributed by atoms with Crippen molar-refractivity contribution in [3.05, 3.63) is 101 Å². The van der Waals surface area contributed by atoms with Gasteiger partial charge in [0.05, 0.1) is 19.6 Å². The Morgan fingerprint density at radius 3 is 1.07 bits per heavy atom. The van der Waals surface area contributed by atoms with Crippen molar-refractivity contribution in [1.82, 2.24) is 0 Å². The van der Waals surface area contributed by atoms with Gasteiger partial charge in [-0.15, -0.1) is 0 Å². The van der Waals surface area contributed by atoms with Crippen molar-refractivity contribution in [2.45, 2.75) is 0 Å². The third-order valence-electron chi connectivity index (χ3n) is 3.90. The number of halogens is 4. The van der Waals surface area contributed by atoms with E-state index >= 15 is 0 Å². The SMILES string of the molecule is Fc1cccc(F)c1C(=C1SC=CS1)C(=C1SC=CS1)c1c(F)cccc1F. The maximum Gasteiger partial charge on any atom is 0.134 e. The Labute approximate surface area is 176 Å². The molecular weight excluding hydrogens is 444 g/mol. The van der Waals surface area contributed by atoms with Gasteiger partial charge in [-0.1, -0.05) is 59.2 Å². The molecule has 2 aliphatic heterocycles. The maximum absolute atomic E-state index is 14.8. The first kappa shape index (κ1) is 19.8. The molecule has 0 N–H and O–H groups in total. The Kier molecular flexibility index (Phi) is 6.01. The number of benzene rings is 2. The second-order valence-electron chi connectivity index (χ2n) is 5.53. The second kappa shape index (κ2) is 8.49. The van der Waals surface area contributed by atoms with Crippen molar-refractivity contribution >= 4 is 58.2 Å². The standard InChI is InChI=1S/C20H10F4S4/c21-11-3-1-4-12(22)15(11)17(19-25-7-8-26-19)18(20-27-9-10-28-20)16-13(23)5-2-6-14(16)24/h1-10H. The van der Waals surface area contributed by atoms with Gasteiger partial charge in [-0.2, -0.15) is 0 Å². The van der Waals surface area contributed by atoms with Gasteiger partial charge in [-0.25, -0.2) is 17.6 Å². The highest BCUT2D eigenvalue weighted by atomic mass is 32.2. The Morgan fingerprint density at radius 2 is 0.786 bits per heavy atom. The van der Waals surface area contributed by atoms with E-state index in [9.17, 15) is 17.6 Å². The van der Waals surface area contributed by atoms with Gasteiger partial charge >= 0.3 is 0 Å². The van der Waals surface area contributed by atoms with Crippen LogP contribution in [0.4, 0.5) is 17.6 Å². The third kappa shape index (κ3) is 3.70. The van der Waals surface area contributed by atoms with Gasteiger partial charge in [0.2, 0.25) is 0 Å². The number of hydrogen-bond donors (Lipinski definition) is 0. The summed E-state index contributed by atoms with van der Waals surface area (Å²) in [4.78, 5) is 0. The lowest BCUT2D eigenvalue weighted by Crippen LogP contribution is -2.04. The van der Waals surface area contributed by atoms with Gasteiger partial charge in [-0.3, -0.25) is 0 Å². The summed E-state index contributed by atoms with van der Waals surface area (Å²) >= 11 is 5.07. The molecule has 2 aromatic rings. The summed E-state index contributed by atoms with van der Waals surface area (Å²) in [6.07, 6.45) is 0. The van der Waals surface area contributed by atoms with Crippen LogP contribution >= 0.6 is 47.0 Å². The number of thioether (sulfide) groups is 4. The number of allylic oxidation sites excluding steroid dienone is 2. The van der Waals surface area contributed by atoms with Crippen LogP contribution < -0.4 is 0 Å². The summed E-state index contributed by atoms with van der Waals surface area (Å²) in [5.74, 6) is -3.14. The molecule has 28 heavy (non-hydrogen) atoms. The first-order valence-corrected chi connectivity index (χ1v) is 11.4. The maximum atomic E-state index is 14.8. The van der Waals surface area contributed by atoms with Gasteiger partial charge < -0.3 is 0 Å². The average Bonchev–Trinajstić information content (AvgIpc) is 3.36. The molecule has 2 heterocycles. The number of hydrogen-bond acceptors (Lipinski definition) is 4. The molecule has 0 saturated heterocycles. The summed E-state index contributed by atoms with van der Waals surface area (Å²) in [6, 6.07) is 7.10. The van der Waals surface area contributed by atoms with E-state index in [2.05, 4.69) is 0 Å². The molecule has 2 aromatic carbocycles. The Balaban J connectivity index is 2.08. The minimum absolute atomic E-state index is 0.151. The van der Waals surface area contributed by atoms with Gasteiger partial charge in [-0.05, 0) is 45.9 Å². The molecule has 0 saturated carbocycles. The van der Waals surface area contributed by atoms with E-state index in [-0.39, 0.29) is 22.3 Å². The molecule has 8 heteroatoms. The Morgan fingerprint density at radius 1 is 0.500 bits per heavy atom. The highest BCUT2D eigenvalue weighted by Gasteiger charge is 2.30.